The lowest BCUT2D eigenvalue weighted by atomic mass is 10.1. The van der Waals surface area contributed by atoms with Crippen LogP contribution >= 0.6 is 0 Å². The van der Waals surface area contributed by atoms with Gasteiger partial charge < -0.3 is 9.73 Å². The van der Waals surface area contributed by atoms with Crippen LogP contribution in [0.25, 0.3) is 0 Å². The number of carbonyl (C=O) groups excluding carboxylic acids is 1. The second kappa shape index (κ2) is 9.47. The Kier molecular flexibility index (Phi) is 6.77. The van der Waals surface area contributed by atoms with Crippen molar-refractivity contribution in [3.8, 4) is 0 Å². The van der Waals surface area contributed by atoms with E-state index in [0.717, 1.165) is 5.56 Å². The molecule has 0 aliphatic carbocycles. The van der Waals surface area contributed by atoms with Gasteiger partial charge in [0.25, 0.3) is 5.91 Å². The summed E-state index contributed by atoms with van der Waals surface area (Å²) in [4.78, 5) is 18.6. The van der Waals surface area contributed by atoms with Gasteiger partial charge >= 0.3 is 0 Å². The van der Waals surface area contributed by atoms with Crippen LogP contribution in [0.2, 0.25) is 0 Å². The molecule has 3 aromatic rings. The SMILES string of the molecule is CC(C)NC(=O)c1coc(CN(Cc2ccccc2F)C(C)c2ccccc2)n1. The lowest BCUT2D eigenvalue weighted by molar-refractivity contribution is 0.0938. The van der Waals surface area contributed by atoms with E-state index in [9.17, 15) is 9.18 Å². The topological polar surface area (TPSA) is 58.4 Å². The van der Waals surface area contributed by atoms with Crippen molar-refractivity contribution in [2.45, 2.75) is 45.9 Å². The molecule has 2 aromatic carbocycles. The molecule has 0 saturated carbocycles. The fourth-order valence-corrected chi connectivity index (χ4v) is 3.12. The molecule has 0 radical (unpaired) electrons. The van der Waals surface area contributed by atoms with Gasteiger partial charge in [-0.25, -0.2) is 9.37 Å². The molecule has 6 heteroatoms. The third-order valence-electron chi connectivity index (χ3n) is 4.70. The number of benzene rings is 2. The summed E-state index contributed by atoms with van der Waals surface area (Å²) in [6, 6.07) is 16.7. The molecule has 1 atom stereocenters. The Balaban J connectivity index is 1.82. The maximum Gasteiger partial charge on any atom is 0.273 e. The first-order chi connectivity index (χ1) is 13.9. The standard InChI is InChI=1S/C23H26FN3O2/c1-16(2)25-23(28)21-15-29-22(26-21)14-27(13-19-11-7-8-12-20(19)24)17(3)18-9-5-4-6-10-18/h4-12,15-17H,13-14H2,1-3H3,(H,25,28). The first-order valence-electron chi connectivity index (χ1n) is 9.71. The van der Waals surface area contributed by atoms with E-state index in [4.69, 9.17) is 4.42 Å². The van der Waals surface area contributed by atoms with Crippen LogP contribution in [-0.2, 0) is 13.1 Å². The molecule has 1 amide bonds. The van der Waals surface area contributed by atoms with Crippen molar-refractivity contribution in [2.75, 3.05) is 0 Å². The fraction of sp³-hybridized carbons (Fsp3) is 0.304. The quantitative estimate of drug-likeness (QED) is 0.600. The summed E-state index contributed by atoms with van der Waals surface area (Å²) in [6.07, 6.45) is 1.36. The molecule has 152 valence electrons. The van der Waals surface area contributed by atoms with Crippen molar-refractivity contribution in [3.63, 3.8) is 0 Å². The zero-order valence-electron chi connectivity index (χ0n) is 16.9. The van der Waals surface area contributed by atoms with Crippen LogP contribution in [0.4, 0.5) is 4.39 Å². The van der Waals surface area contributed by atoms with Gasteiger partial charge in [0, 0.05) is 24.2 Å². The molecule has 0 fully saturated rings. The Bertz CT molecular complexity index is 940. The highest BCUT2D eigenvalue weighted by Crippen LogP contribution is 2.25. The molecule has 0 aliphatic heterocycles. The number of rotatable bonds is 8. The van der Waals surface area contributed by atoms with Crippen molar-refractivity contribution in [3.05, 3.63) is 89.4 Å². The minimum atomic E-state index is -0.272. The van der Waals surface area contributed by atoms with Crippen molar-refractivity contribution in [1.82, 2.24) is 15.2 Å². The van der Waals surface area contributed by atoms with E-state index in [0.29, 0.717) is 24.5 Å². The lowest BCUT2D eigenvalue weighted by Gasteiger charge is -2.28. The Morgan fingerprint density at radius 2 is 1.76 bits per heavy atom. The molecule has 0 saturated heterocycles. The van der Waals surface area contributed by atoms with Gasteiger partial charge in [-0.05, 0) is 32.4 Å². The number of carbonyl (C=O) groups is 1. The predicted molar refractivity (Wildman–Crippen MR) is 110 cm³/mol. The van der Waals surface area contributed by atoms with E-state index in [-0.39, 0.29) is 29.5 Å². The first-order valence-corrected chi connectivity index (χ1v) is 9.71. The van der Waals surface area contributed by atoms with Gasteiger partial charge in [-0.15, -0.1) is 0 Å². The highest BCUT2D eigenvalue weighted by atomic mass is 19.1. The monoisotopic (exact) mass is 395 g/mol. The number of nitrogens with zero attached hydrogens (tertiary/aromatic N) is 2. The Labute approximate surface area is 170 Å². The molecule has 1 heterocycles. The van der Waals surface area contributed by atoms with Crippen LogP contribution in [0.5, 0.6) is 0 Å². The number of aromatic nitrogens is 1. The van der Waals surface area contributed by atoms with Gasteiger partial charge in [0.15, 0.2) is 5.69 Å². The molecule has 1 aromatic heterocycles. The van der Waals surface area contributed by atoms with Gasteiger partial charge in [-0.1, -0.05) is 48.5 Å². The second-order valence-electron chi connectivity index (χ2n) is 7.34. The van der Waals surface area contributed by atoms with Gasteiger partial charge in [0.05, 0.1) is 6.54 Å². The Morgan fingerprint density at radius 3 is 2.45 bits per heavy atom. The van der Waals surface area contributed by atoms with Gasteiger partial charge in [-0.2, -0.15) is 0 Å². The average molecular weight is 395 g/mol. The normalized spacial score (nSPS) is 12.3. The summed E-state index contributed by atoms with van der Waals surface area (Å²) >= 11 is 0. The van der Waals surface area contributed by atoms with E-state index < -0.39 is 0 Å². The highest BCUT2D eigenvalue weighted by molar-refractivity contribution is 5.92. The third-order valence-corrected chi connectivity index (χ3v) is 4.70. The van der Waals surface area contributed by atoms with Crippen LogP contribution in [0.1, 0.15) is 54.3 Å². The second-order valence-corrected chi connectivity index (χ2v) is 7.34. The molecule has 0 spiro atoms. The Morgan fingerprint density at radius 1 is 1.07 bits per heavy atom. The van der Waals surface area contributed by atoms with Gasteiger partial charge in [0.2, 0.25) is 5.89 Å². The largest absolute Gasteiger partial charge is 0.447 e. The zero-order chi connectivity index (χ0) is 20.8. The van der Waals surface area contributed by atoms with Crippen LogP contribution < -0.4 is 5.32 Å². The number of hydrogen-bond donors (Lipinski definition) is 1. The molecule has 3 rings (SSSR count). The molecule has 5 nitrogen and oxygen atoms in total. The fourth-order valence-electron chi connectivity index (χ4n) is 3.12. The lowest BCUT2D eigenvalue weighted by Crippen LogP contribution is -2.30. The van der Waals surface area contributed by atoms with E-state index in [2.05, 4.69) is 22.1 Å². The van der Waals surface area contributed by atoms with E-state index in [1.807, 2.05) is 50.2 Å². The minimum absolute atomic E-state index is 0.00403. The Hall–Kier alpha value is -2.99. The van der Waals surface area contributed by atoms with Crippen molar-refractivity contribution < 1.29 is 13.6 Å². The number of halogens is 1. The summed E-state index contributed by atoms with van der Waals surface area (Å²) in [5.74, 6) is -0.105. The van der Waals surface area contributed by atoms with Crippen molar-refractivity contribution >= 4 is 5.91 Å². The maximum atomic E-state index is 14.3. The number of oxazole rings is 1. The smallest absolute Gasteiger partial charge is 0.273 e. The van der Waals surface area contributed by atoms with Crippen LogP contribution in [0.15, 0.2) is 65.3 Å². The average Bonchev–Trinajstić information content (AvgIpc) is 3.17. The number of hydrogen-bond acceptors (Lipinski definition) is 4. The van der Waals surface area contributed by atoms with Gasteiger partial charge in [-0.3, -0.25) is 9.69 Å². The number of amides is 1. The summed E-state index contributed by atoms with van der Waals surface area (Å²) in [6.45, 7) is 6.57. The molecular formula is C23H26FN3O2. The van der Waals surface area contributed by atoms with Gasteiger partial charge in [0.1, 0.15) is 12.1 Å². The summed E-state index contributed by atoms with van der Waals surface area (Å²) in [5, 5.41) is 2.80. The third kappa shape index (κ3) is 5.51. The summed E-state index contributed by atoms with van der Waals surface area (Å²) < 4.78 is 19.8. The zero-order valence-corrected chi connectivity index (χ0v) is 16.9. The molecule has 0 bridgehead atoms. The first kappa shape index (κ1) is 20.7. The van der Waals surface area contributed by atoms with Crippen LogP contribution in [-0.4, -0.2) is 21.8 Å². The predicted octanol–water partition coefficient (Wildman–Crippen LogP) is 4.72. The number of nitrogens with one attached hydrogen (secondary N) is 1. The van der Waals surface area contributed by atoms with Crippen molar-refractivity contribution in [2.24, 2.45) is 0 Å². The maximum absolute atomic E-state index is 14.3. The molecule has 0 aliphatic rings. The van der Waals surface area contributed by atoms with Crippen molar-refractivity contribution in [1.29, 1.82) is 0 Å². The minimum Gasteiger partial charge on any atom is -0.447 e. The van der Waals surface area contributed by atoms with E-state index in [1.54, 1.807) is 12.1 Å². The molecule has 1 unspecified atom stereocenters. The summed E-state index contributed by atoms with van der Waals surface area (Å²) in [7, 11) is 0. The van der Waals surface area contributed by atoms with Crippen LogP contribution in [0.3, 0.4) is 0 Å². The van der Waals surface area contributed by atoms with E-state index in [1.165, 1.54) is 12.3 Å². The summed E-state index contributed by atoms with van der Waals surface area (Å²) in [5.41, 5.74) is 1.94. The highest BCUT2D eigenvalue weighted by Gasteiger charge is 2.21. The molecular weight excluding hydrogens is 369 g/mol. The molecule has 1 N–H and O–H groups in total. The molecule has 29 heavy (non-hydrogen) atoms. The van der Waals surface area contributed by atoms with Crippen LogP contribution in [0, 0.1) is 5.82 Å². The van der Waals surface area contributed by atoms with E-state index >= 15 is 0 Å².